The van der Waals surface area contributed by atoms with Crippen molar-refractivity contribution < 1.29 is 4.79 Å². The van der Waals surface area contributed by atoms with Gasteiger partial charge in [0, 0.05) is 36.6 Å². The van der Waals surface area contributed by atoms with Crippen molar-refractivity contribution >= 4 is 11.6 Å². The average Bonchev–Trinajstić information content (AvgIpc) is 3.27. The molecule has 1 saturated carbocycles. The lowest BCUT2D eigenvalue weighted by atomic mass is 9.99. The number of aromatic nitrogens is 3. The predicted octanol–water partition coefficient (Wildman–Crippen LogP) is 2.73. The molecule has 2 fully saturated rings. The summed E-state index contributed by atoms with van der Waals surface area (Å²) in [5.41, 5.74) is 2.58. The van der Waals surface area contributed by atoms with Gasteiger partial charge >= 0.3 is 0 Å². The number of amides is 1. The van der Waals surface area contributed by atoms with Crippen molar-refractivity contribution in [1.82, 2.24) is 24.4 Å². The van der Waals surface area contributed by atoms with Crippen LogP contribution in [0.15, 0.2) is 18.6 Å². The van der Waals surface area contributed by atoms with Crippen molar-refractivity contribution in [2.24, 2.45) is 0 Å². The number of piperidine rings is 1. The van der Waals surface area contributed by atoms with Gasteiger partial charge in [0.25, 0.3) is 5.91 Å². The number of carbonyl (C=O) groups excluding carboxylic acids is 1. The Morgan fingerprint density at radius 2 is 2.00 bits per heavy atom. The summed E-state index contributed by atoms with van der Waals surface area (Å²) in [5.74, 6) is 0.108. The topological polar surface area (TPSA) is 53.7 Å². The molecule has 0 aromatic carbocycles. The zero-order valence-electron chi connectivity index (χ0n) is 15.2. The monoisotopic (exact) mass is 341 g/mol. The van der Waals surface area contributed by atoms with Gasteiger partial charge in [0.2, 0.25) is 0 Å². The van der Waals surface area contributed by atoms with E-state index in [1.165, 1.54) is 6.42 Å². The fourth-order valence-electron chi connectivity index (χ4n) is 4.07. The molecular weight excluding hydrogens is 314 g/mol. The normalized spacial score (nSPS) is 19.1. The molecule has 0 unspecified atom stereocenters. The molecule has 1 aliphatic heterocycles. The number of nitrogens with zero attached hydrogens (tertiary/aromatic N) is 5. The number of likely N-dealkylation sites (tertiary alicyclic amines) is 1. The number of rotatable bonds is 5. The van der Waals surface area contributed by atoms with Gasteiger partial charge in [-0.15, -0.1) is 0 Å². The van der Waals surface area contributed by atoms with E-state index in [9.17, 15) is 4.79 Å². The average molecular weight is 341 g/mol. The van der Waals surface area contributed by atoms with E-state index in [2.05, 4.69) is 33.7 Å². The third kappa shape index (κ3) is 2.92. The van der Waals surface area contributed by atoms with Crippen molar-refractivity contribution in [3.63, 3.8) is 0 Å². The van der Waals surface area contributed by atoms with E-state index >= 15 is 0 Å². The molecule has 0 radical (unpaired) electrons. The Morgan fingerprint density at radius 3 is 2.72 bits per heavy atom. The van der Waals surface area contributed by atoms with Crippen LogP contribution in [0.2, 0.25) is 0 Å². The minimum Gasteiger partial charge on any atom is -0.333 e. The van der Waals surface area contributed by atoms with Crippen LogP contribution >= 0.6 is 0 Å². The summed E-state index contributed by atoms with van der Waals surface area (Å²) >= 11 is 0. The molecule has 6 nitrogen and oxygen atoms in total. The van der Waals surface area contributed by atoms with Crippen molar-refractivity contribution in [1.29, 1.82) is 0 Å². The van der Waals surface area contributed by atoms with E-state index in [-0.39, 0.29) is 11.4 Å². The van der Waals surface area contributed by atoms with Crippen molar-refractivity contribution in [3.8, 4) is 0 Å². The van der Waals surface area contributed by atoms with Gasteiger partial charge in [0.1, 0.15) is 5.56 Å². The molecule has 1 spiro atoms. The molecule has 2 aliphatic rings. The second kappa shape index (κ2) is 6.41. The fraction of sp³-hybridized carbons (Fsp3) is 0.632. The number of fused-ring (bicyclic) bond motifs is 1. The van der Waals surface area contributed by atoms with Gasteiger partial charge in [-0.3, -0.25) is 9.69 Å². The first-order valence-electron chi connectivity index (χ1n) is 9.53. The highest BCUT2D eigenvalue weighted by atomic mass is 16.2. The lowest BCUT2D eigenvalue weighted by Gasteiger charge is -2.36. The summed E-state index contributed by atoms with van der Waals surface area (Å²) in [4.78, 5) is 22.1. The molecule has 2 aromatic rings. The standard InChI is InChI=1S/C19H27N5O/c1-3-22(4-2)13-15-11-20-17-16(12-21-24(17)14-15)18(25)23-10-6-5-7-19(23)8-9-19/h11-12,14H,3-10,13H2,1-2H3. The summed E-state index contributed by atoms with van der Waals surface area (Å²) < 4.78 is 1.76. The van der Waals surface area contributed by atoms with Crippen molar-refractivity contribution in [2.45, 2.75) is 58.0 Å². The van der Waals surface area contributed by atoms with E-state index in [4.69, 9.17) is 0 Å². The van der Waals surface area contributed by atoms with Gasteiger partial charge in [-0.2, -0.15) is 5.10 Å². The molecule has 1 amide bonds. The molecule has 25 heavy (non-hydrogen) atoms. The summed E-state index contributed by atoms with van der Waals surface area (Å²) in [5, 5.41) is 4.41. The van der Waals surface area contributed by atoms with Crippen LogP contribution in [0, 0.1) is 0 Å². The molecule has 1 aliphatic carbocycles. The van der Waals surface area contributed by atoms with Gasteiger partial charge in [0.05, 0.1) is 6.20 Å². The molecule has 2 aromatic heterocycles. The van der Waals surface area contributed by atoms with Crippen LogP contribution in [-0.4, -0.2) is 55.5 Å². The number of hydrogen-bond acceptors (Lipinski definition) is 4. The zero-order chi connectivity index (χ0) is 17.4. The summed E-state index contributed by atoms with van der Waals surface area (Å²) in [6.07, 6.45) is 11.4. The van der Waals surface area contributed by atoms with Crippen LogP contribution in [-0.2, 0) is 6.54 Å². The SMILES string of the molecule is CCN(CC)Cc1cnc2c(C(=O)N3CCCCC34CC4)cnn2c1. The Labute approximate surface area is 148 Å². The molecule has 3 heterocycles. The van der Waals surface area contributed by atoms with Crippen LogP contribution < -0.4 is 0 Å². The second-order valence-corrected chi connectivity index (χ2v) is 7.39. The first-order chi connectivity index (χ1) is 12.2. The summed E-state index contributed by atoms with van der Waals surface area (Å²) in [6.45, 7) is 8.06. The van der Waals surface area contributed by atoms with Crippen LogP contribution in [0.4, 0.5) is 0 Å². The Kier molecular flexibility index (Phi) is 4.23. The summed E-state index contributed by atoms with van der Waals surface area (Å²) in [6, 6.07) is 0. The molecule has 0 bridgehead atoms. The Morgan fingerprint density at radius 1 is 1.20 bits per heavy atom. The van der Waals surface area contributed by atoms with E-state index in [0.29, 0.717) is 11.2 Å². The quantitative estimate of drug-likeness (QED) is 0.839. The minimum absolute atomic E-state index is 0.108. The Bertz CT molecular complexity index is 775. The minimum atomic E-state index is 0.108. The highest BCUT2D eigenvalue weighted by Crippen LogP contribution is 2.48. The smallest absolute Gasteiger partial charge is 0.259 e. The maximum atomic E-state index is 13.1. The van der Waals surface area contributed by atoms with E-state index in [0.717, 1.165) is 57.4 Å². The van der Waals surface area contributed by atoms with Crippen LogP contribution in [0.1, 0.15) is 61.9 Å². The van der Waals surface area contributed by atoms with Gasteiger partial charge < -0.3 is 4.90 Å². The lowest BCUT2D eigenvalue weighted by Crippen LogP contribution is -2.45. The third-order valence-corrected chi connectivity index (χ3v) is 5.86. The fourth-order valence-corrected chi connectivity index (χ4v) is 4.07. The van der Waals surface area contributed by atoms with Crippen LogP contribution in [0.3, 0.4) is 0 Å². The molecule has 134 valence electrons. The second-order valence-electron chi connectivity index (χ2n) is 7.39. The van der Waals surface area contributed by atoms with E-state index in [1.54, 1.807) is 10.7 Å². The molecule has 0 atom stereocenters. The Hall–Kier alpha value is -1.95. The first-order valence-corrected chi connectivity index (χ1v) is 9.53. The molecular formula is C19H27N5O. The van der Waals surface area contributed by atoms with Gasteiger partial charge in [-0.05, 0) is 45.2 Å². The third-order valence-electron chi connectivity index (χ3n) is 5.86. The summed E-state index contributed by atoms with van der Waals surface area (Å²) in [7, 11) is 0. The van der Waals surface area contributed by atoms with E-state index < -0.39 is 0 Å². The number of carbonyl (C=O) groups is 1. The molecule has 6 heteroatoms. The van der Waals surface area contributed by atoms with E-state index in [1.807, 2.05) is 12.4 Å². The van der Waals surface area contributed by atoms with Gasteiger partial charge in [-0.1, -0.05) is 13.8 Å². The maximum Gasteiger partial charge on any atom is 0.259 e. The van der Waals surface area contributed by atoms with Crippen LogP contribution in [0.25, 0.3) is 5.65 Å². The lowest BCUT2D eigenvalue weighted by molar-refractivity contribution is 0.0575. The predicted molar refractivity (Wildman–Crippen MR) is 96.5 cm³/mol. The molecule has 4 rings (SSSR count). The zero-order valence-corrected chi connectivity index (χ0v) is 15.2. The molecule has 0 N–H and O–H groups in total. The van der Waals surface area contributed by atoms with Crippen molar-refractivity contribution in [3.05, 3.63) is 29.7 Å². The first kappa shape index (κ1) is 16.5. The van der Waals surface area contributed by atoms with Gasteiger partial charge in [0.15, 0.2) is 5.65 Å². The van der Waals surface area contributed by atoms with Gasteiger partial charge in [-0.25, -0.2) is 9.50 Å². The van der Waals surface area contributed by atoms with Crippen LogP contribution in [0.5, 0.6) is 0 Å². The number of hydrogen-bond donors (Lipinski definition) is 0. The largest absolute Gasteiger partial charge is 0.333 e. The highest BCUT2D eigenvalue weighted by molar-refractivity contribution is 6.00. The highest BCUT2D eigenvalue weighted by Gasteiger charge is 2.51. The van der Waals surface area contributed by atoms with Crippen molar-refractivity contribution in [2.75, 3.05) is 19.6 Å². The molecule has 1 saturated heterocycles. The maximum absolute atomic E-state index is 13.1. The Balaban J connectivity index is 1.59.